The van der Waals surface area contributed by atoms with Gasteiger partial charge >= 0.3 is 6.09 Å². The van der Waals surface area contributed by atoms with E-state index in [1.54, 1.807) is 25.5 Å². The molecule has 8 nitrogen and oxygen atoms in total. The normalized spacial score (nSPS) is 16.3. The molecule has 1 saturated heterocycles. The number of rotatable bonds is 11. The molecule has 1 fully saturated rings. The van der Waals surface area contributed by atoms with Gasteiger partial charge in [-0.05, 0) is 30.7 Å². The predicted octanol–water partition coefficient (Wildman–Crippen LogP) is 3.94. The van der Waals surface area contributed by atoms with E-state index >= 15 is 0 Å². The van der Waals surface area contributed by atoms with E-state index in [0.717, 1.165) is 29.8 Å². The van der Waals surface area contributed by atoms with Gasteiger partial charge in [0.15, 0.2) is 0 Å². The molecule has 1 aliphatic rings. The lowest BCUT2D eigenvalue weighted by atomic mass is 10.0. The highest BCUT2D eigenvalue weighted by molar-refractivity contribution is 5.76. The number of pyridine rings is 1. The highest BCUT2D eigenvalue weighted by Gasteiger charge is 2.30. The smallest absolute Gasteiger partial charge is 0.410 e. The maximum Gasteiger partial charge on any atom is 0.410 e. The van der Waals surface area contributed by atoms with Crippen molar-refractivity contribution >= 4 is 17.6 Å². The van der Waals surface area contributed by atoms with Gasteiger partial charge in [-0.3, -0.25) is 9.69 Å². The molecular weight excluding hydrogens is 463 g/mol. The summed E-state index contributed by atoms with van der Waals surface area (Å²) >= 11 is 0. The number of methoxy groups -OCH3 is 1. The second-order valence-corrected chi connectivity index (χ2v) is 8.78. The fourth-order valence-corrected chi connectivity index (χ4v) is 3.89. The molecule has 1 N–H and O–H groups in total. The molecule has 0 aliphatic carbocycles. The molecule has 3 rings (SSSR count). The van der Waals surface area contributed by atoms with E-state index in [1.165, 1.54) is 18.7 Å². The van der Waals surface area contributed by atoms with Gasteiger partial charge < -0.3 is 19.7 Å². The first kappa shape index (κ1) is 26.9. The lowest BCUT2D eigenvalue weighted by molar-refractivity contribution is -0.119. The zero-order valence-electron chi connectivity index (χ0n) is 21.2. The number of benzene rings is 1. The van der Waals surface area contributed by atoms with Crippen LogP contribution in [0.25, 0.3) is 5.57 Å². The third kappa shape index (κ3) is 7.91. The van der Waals surface area contributed by atoms with Crippen LogP contribution in [0.4, 0.5) is 9.18 Å². The van der Waals surface area contributed by atoms with Crippen molar-refractivity contribution in [2.24, 2.45) is 0 Å². The van der Waals surface area contributed by atoms with E-state index in [4.69, 9.17) is 9.47 Å². The van der Waals surface area contributed by atoms with Crippen molar-refractivity contribution in [3.8, 4) is 5.88 Å². The molecule has 1 atom stereocenters. The van der Waals surface area contributed by atoms with E-state index in [1.807, 2.05) is 43.4 Å². The Morgan fingerprint density at radius 1 is 1.22 bits per heavy atom. The summed E-state index contributed by atoms with van der Waals surface area (Å²) in [5.41, 5.74) is 3.40. The van der Waals surface area contributed by atoms with Crippen molar-refractivity contribution in [1.82, 2.24) is 20.1 Å². The van der Waals surface area contributed by atoms with Crippen LogP contribution in [0.5, 0.6) is 5.88 Å². The first-order chi connectivity index (χ1) is 17.2. The lowest BCUT2D eigenvalue weighted by Gasteiger charge is -2.17. The average molecular weight is 497 g/mol. The van der Waals surface area contributed by atoms with Crippen LogP contribution in [0, 0.1) is 0 Å². The molecule has 0 radical (unpaired) electrons. The highest BCUT2D eigenvalue weighted by Crippen LogP contribution is 2.23. The molecule has 9 heteroatoms. The van der Waals surface area contributed by atoms with Crippen molar-refractivity contribution in [3.63, 3.8) is 0 Å². The molecule has 192 valence electrons. The Bertz CT molecular complexity index is 1100. The largest absolute Gasteiger partial charge is 0.481 e. The van der Waals surface area contributed by atoms with Crippen LogP contribution in [0.2, 0.25) is 0 Å². The Morgan fingerprint density at radius 2 is 1.92 bits per heavy atom. The number of ether oxygens (including phenoxy) is 2. The van der Waals surface area contributed by atoms with Gasteiger partial charge in [0.2, 0.25) is 11.8 Å². The van der Waals surface area contributed by atoms with Crippen molar-refractivity contribution in [2.45, 2.75) is 33.0 Å². The minimum absolute atomic E-state index is 0.176. The average Bonchev–Trinajstić information content (AvgIpc) is 3.20. The second-order valence-electron chi connectivity index (χ2n) is 8.78. The number of halogens is 1. The minimum Gasteiger partial charge on any atom is -0.481 e. The number of carbonyl (C=O) groups excluding carboxylic acids is 2. The van der Waals surface area contributed by atoms with E-state index < -0.39 is 6.09 Å². The standard InChI is InChI=1S/C27H33FN4O4/c1-19(28)25(6-5-13-32-18-24(36-27(32)34)15-29-20(2)33)23-10-7-21(8-11-23)16-31(3)17-22-9-12-26(35-4)30-14-22/h5-12,14,24H,13,15-18H2,1-4H3,(H,29,33)/b6-5-,25-19-. The molecule has 1 unspecified atom stereocenters. The van der Waals surface area contributed by atoms with Gasteiger partial charge in [-0.25, -0.2) is 14.2 Å². The summed E-state index contributed by atoms with van der Waals surface area (Å²) in [6.07, 6.45) is 4.39. The SMILES string of the molecule is COc1ccc(CN(C)Cc2ccc(C(/C=C\CN3CC(CNC(C)=O)OC3=O)=C(/C)F)cc2)cn1. The predicted molar refractivity (Wildman–Crippen MR) is 136 cm³/mol. The van der Waals surface area contributed by atoms with Crippen LogP contribution < -0.4 is 10.1 Å². The Morgan fingerprint density at radius 3 is 2.53 bits per heavy atom. The number of amides is 2. The van der Waals surface area contributed by atoms with Gasteiger partial charge in [0.05, 0.1) is 20.2 Å². The maximum atomic E-state index is 14.3. The summed E-state index contributed by atoms with van der Waals surface area (Å²) in [6, 6.07) is 11.6. The molecule has 0 saturated carbocycles. The van der Waals surface area contributed by atoms with Crippen molar-refractivity contribution in [1.29, 1.82) is 0 Å². The highest BCUT2D eigenvalue weighted by atomic mass is 19.1. The minimum atomic E-state index is -0.448. The van der Waals surface area contributed by atoms with Crippen molar-refractivity contribution < 1.29 is 23.5 Å². The Hall–Kier alpha value is -3.72. The Kier molecular flexibility index (Phi) is 9.58. The molecule has 1 aromatic heterocycles. The molecular formula is C27H33FN4O4. The Balaban J connectivity index is 1.55. The number of hydrogen-bond acceptors (Lipinski definition) is 6. The van der Waals surface area contributed by atoms with Gasteiger partial charge in [0.1, 0.15) is 11.9 Å². The van der Waals surface area contributed by atoms with Crippen LogP contribution in [-0.2, 0) is 22.6 Å². The van der Waals surface area contributed by atoms with Gasteiger partial charge in [0, 0.05) is 44.4 Å². The van der Waals surface area contributed by atoms with Crippen LogP contribution >= 0.6 is 0 Å². The summed E-state index contributed by atoms with van der Waals surface area (Å²) in [6.45, 7) is 5.22. The van der Waals surface area contributed by atoms with Gasteiger partial charge in [-0.2, -0.15) is 0 Å². The van der Waals surface area contributed by atoms with Crippen molar-refractivity contribution in [2.75, 3.05) is 33.8 Å². The van der Waals surface area contributed by atoms with E-state index in [2.05, 4.69) is 15.2 Å². The van der Waals surface area contributed by atoms with Crippen molar-refractivity contribution in [3.05, 3.63) is 77.3 Å². The van der Waals surface area contributed by atoms with Crippen LogP contribution in [0.3, 0.4) is 0 Å². The Labute approximate surface area is 211 Å². The molecule has 36 heavy (non-hydrogen) atoms. The van der Waals surface area contributed by atoms with Gasteiger partial charge in [-0.15, -0.1) is 0 Å². The summed E-state index contributed by atoms with van der Waals surface area (Å²) < 4.78 is 24.7. The molecule has 1 aromatic carbocycles. The quantitative estimate of drug-likeness (QED) is 0.475. The first-order valence-electron chi connectivity index (χ1n) is 11.7. The van der Waals surface area contributed by atoms with Gasteiger partial charge in [0.25, 0.3) is 0 Å². The fourth-order valence-electron chi connectivity index (χ4n) is 3.89. The van der Waals surface area contributed by atoms with E-state index in [0.29, 0.717) is 18.0 Å². The molecule has 2 amide bonds. The molecule has 0 spiro atoms. The van der Waals surface area contributed by atoms with Crippen LogP contribution in [0.15, 0.2) is 60.6 Å². The lowest BCUT2D eigenvalue weighted by Crippen LogP contribution is -2.33. The number of aromatic nitrogens is 1. The number of nitrogens with one attached hydrogen (secondary N) is 1. The third-order valence-electron chi connectivity index (χ3n) is 5.69. The van der Waals surface area contributed by atoms with Crippen LogP contribution in [0.1, 0.15) is 30.5 Å². The fraction of sp³-hybridized carbons (Fsp3) is 0.370. The van der Waals surface area contributed by atoms with Crippen LogP contribution in [-0.4, -0.2) is 66.7 Å². The van der Waals surface area contributed by atoms with E-state index in [-0.39, 0.29) is 30.9 Å². The summed E-state index contributed by atoms with van der Waals surface area (Å²) in [5.74, 6) is 0.102. The summed E-state index contributed by atoms with van der Waals surface area (Å²) in [5, 5.41) is 2.64. The second kappa shape index (κ2) is 12.8. The molecule has 2 aromatic rings. The first-order valence-corrected chi connectivity index (χ1v) is 11.7. The molecule has 0 bridgehead atoms. The van der Waals surface area contributed by atoms with E-state index in [9.17, 15) is 14.0 Å². The zero-order valence-corrected chi connectivity index (χ0v) is 21.2. The van der Waals surface area contributed by atoms with Gasteiger partial charge in [-0.1, -0.05) is 42.5 Å². The third-order valence-corrected chi connectivity index (χ3v) is 5.69. The summed E-state index contributed by atoms with van der Waals surface area (Å²) in [4.78, 5) is 31.0. The topological polar surface area (TPSA) is 84.0 Å². The number of hydrogen-bond donors (Lipinski definition) is 1. The number of nitrogens with zero attached hydrogens (tertiary/aromatic N) is 3. The zero-order chi connectivity index (χ0) is 26.1. The maximum absolute atomic E-state index is 14.3. The number of carbonyl (C=O) groups is 2. The molecule has 1 aliphatic heterocycles. The number of cyclic esters (lactones) is 1. The summed E-state index contributed by atoms with van der Waals surface area (Å²) in [7, 11) is 3.62. The molecule has 2 heterocycles. The number of allylic oxidation sites excluding steroid dienone is 3. The monoisotopic (exact) mass is 496 g/mol.